The Balaban J connectivity index is 1.77. The van der Waals surface area contributed by atoms with E-state index < -0.39 is 17.1 Å². The number of rotatable bonds is 4. The molecule has 0 spiro atoms. The molecule has 0 unspecified atom stereocenters. The molecule has 1 atom stereocenters. The molecule has 8 heteroatoms. The minimum absolute atomic E-state index is 0.131. The molecular weight excluding hydrogens is 393 g/mol. The fourth-order valence-corrected chi connectivity index (χ4v) is 4.76. The monoisotopic (exact) mass is 415 g/mol. The van der Waals surface area contributed by atoms with Gasteiger partial charge in [-0.05, 0) is 43.7 Å². The van der Waals surface area contributed by atoms with Crippen LogP contribution < -0.4 is 11.2 Å². The normalized spacial score (nSPS) is 17.0. The summed E-state index contributed by atoms with van der Waals surface area (Å²) >= 11 is 1.22. The minimum Gasteiger partial charge on any atom is -0.338 e. The van der Waals surface area contributed by atoms with Crippen molar-refractivity contribution in [2.75, 3.05) is 6.54 Å². The van der Waals surface area contributed by atoms with Crippen LogP contribution in [0.1, 0.15) is 31.7 Å². The zero-order valence-corrected chi connectivity index (χ0v) is 17.0. The van der Waals surface area contributed by atoms with E-state index in [2.05, 4.69) is 0 Å². The van der Waals surface area contributed by atoms with Gasteiger partial charge in [0.2, 0.25) is 5.91 Å². The Bertz CT molecular complexity index is 1180. The van der Waals surface area contributed by atoms with E-state index in [4.69, 9.17) is 0 Å². The van der Waals surface area contributed by atoms with Crippen LogP contribution in [0.15, 0.2) is 45.3 Å². The molecule has 3 aromatic rings. The number of benzene rings is 1. The average molecular weight is 415 g/mol. The van der Waals surface area contributed by atoms with Crippen molar-refractivity contribution in [3.05, 3.63) is 67.9 Å². The Morgan fingerprint density at radius 3 is 2.72 bits per heavy atom. The SMILES string of the molecule is C[C@@H]1CCCCN1C(=O)Cn1c(=O)n(Cc2ccccc2F)c(=O)c2sccc21. The third-order valence-corrected chi connectivity index (χ3v) is 6.43. The Kier molecular flexibility index (Phi) is 5.36. The number of amides is 1. The molecule has 1 aliphatic heterocycles. The Morgan fingerprint density at radius 1 is 1.17 bits per heavy atom. The maximum atomic E-state index is 14.1. The van der Waals surface area contributed by atoms with Gasteiger partial charge < -0.3 is 4.90 Å². The molecule has 1 fully saturated rings. The van der Waals surface area contributed by atoms with E-state index in [0.29, 0.717) is 16.8 Å². The Labute approximate surface area is 170 Å². The smallest absolute Gasteiger partial charge is 0.332 e. The first kappa shape index (κ1) is 19.6. The highest BCUT2D eigenvalue weighted by molar-refractivity contribution is 7.17. The van der Waals surface area contributed by atoms with E-state index >= 15 is 0 Å². The topological polar surface area (TPSA) is 64.3 Å². The molecule has 0 radical (unpaired) electrons. The maximum absolute atomic E-state index is 14.1. The third-order valence-electron chi connectivity index (χ3n) is 5.54. The lowest BCUT2D eigenvalue weighted by Crippen LogP contribution is -2.47. The molecule has 1 saturated heterocycles. The van der Waals surface area contributed by atoms with Crippen molar-refractivity contribution in [2.45, 2.75) is 45.3 Å². The second-order valence-electron chi connectivity index (χ2n) is 7.42. The molecule has 3 heterocycles. The summed E-state index contributed by atoms with van der Waals surface area (Å²) in [6.07, 6.45) is 2.99. The van der Waals surface area contributed by atoms with Crippen LogP contribution in [0.4, 0.5) is 4.39 Å². The van der Waals surface area contributed by atoms with Crippen LogP contribution in [-0.4, -0.2) is 32.5 Å². The number of fused-ring (bicyclic) bond motifs is 1. The molecule has 1 aromatic carbocycles. The fourth-order valence-electron chi connectivity index (χ4n) is 3.92. The lowest BCUT2D eigenvalue weighted by Gasteiger charge is -2.33. The summed E-state index contributed by atoms with van der Waals surface area (Å²) in [5.41, 5.74) is -0.349. The third kappa shape index (κ3) is 3.64. The zero-order chi connectivity index (χ0) is 20.5. The highest BCUT2D eigenvalue weighted by Crippen LogP contribution is 2.19. The second kappa shape index (κ2) is 7.94. The van der Waals surface area contributed by atoms with Crippen molar-refractivity contribution in [3.8, 4) is 0 Å². The first-order valence-corrected chi connectivity index (χ1v) is 10.6. The van der Waals surface area contributed by atoms with Crippen LogP contribution in [0, 0.1) is 5.82 Å². The molecule has 29 heavy (non-hydrogen) atoms. The summed E-state index contributed by atoms with van der Waals surface area (Å²) in [7, 11) is 0. The van der Waals surface area contributed by atoms with E-state index in [0.717, 1.165) is 23.8 Å². The van der Waals surface area contributed by atoms with Gasteiger partial charge in [-0.25, -0.2) is 9.18 Å². The molecule has 0 N–H and O–H groups in total. The molecule has 2 aromatic heterocycles. The second-order valence-corrected chi connectivity index (χ2v) is 8.33. The number of likely N-dealkylation sites (tertiary alicyclic amines) is 1. The summed E-state index contributed by atoms with van der Waals surface area (Å²) in [5.74, 6) is -0.613. The number of aromatic nitrogens is 2. The number of nitrogens with zero attached hydrogens (tertiary/aromatic N) is 3. The highest BCUT2D eigenvalue weighted by Gasteiger charge is 2.25. The first-order valence-electron chi connectivity index (χ1n) is 9.71. The summed E-state index contributed by atoms with van der Waals surface area (Å²) in [6, 6.07) is 7.88. The van der Waals surface area contributed by atoms with Crippen molar-refractivity contribution in [2.24, 2.45) is 0 Å². The molecule has 6 nitrogen and oxygen atoms in total. The molecule has 0 saturated carbocycles. The van der Waals surface area contributed by atoms with Gasteiger partial charge in [-0.2, -0.15) is 0 Å². The van der Waals surface area contributed by atoms with Crippen LogP contribution in [0.5, 0.6) is 0 Å². The van der Waals surface area contributed by atoms with Gasteiger partial charge in [-0.15, -0.1) is 11.3 Å². The largest absolute Gasteiger partial charge is 0.338 e. The van der Waals surface area contributed by atoms with E-state index in [1.54, 1.807) is 34.5 Å². The van der Waals surface area contributed by atoms with Gasteiger partial charge in [-0.3, -0.25) is 18.7 Å². The summed E-state index contributed by atoms with van der Waals surface area (Å²) in [5, 5.41) is 1.73. The van der Waals surface area contributed by atoms with Crippen molar-refractivity contribution in [1.82, 2.24) is 14.0 Å². The Hall–Kier alpha value is -2.74. The quantitative estimate of drug-likeness (QED) is 0.658. The molecule has 0 aliphatic carbocycles. The van der Waals surface area contributed by atoms with Crippen LogP contribution in [0.25, 0.3) is 10.2 Å². The first-order chi connectivity index (χ1) is 14.0. The number of piperidine rings is 1. The standard InChI is InChI=1S/C21H22FN3O3S/c1-14-6-4-5-10-23(14)18(26)13-24-17-9-11-29-19(17)20(27)25(21(24)28)12-15-7-2-3-8-16(15)22/h2-3,7-9,11,14H,4-6,10,12-13H2,1H3/t14-/m1/s1. The van der Waals surface area contributed by atoms with Crippen LogP contribution in [0.3, 0.4) is 0 Å². The van der Waals surface area contributed by atoms with Crippen molar-refractivity contribution < 1.29 is 9.18 Å². The van der Waals surface area contributed by atoms with Gasteiger partial charge in [-0.1, -0.05) is 18.2 Å². The van der Waals surface area contributed by atoms with Crippen molar-refractivity contribution >= 4 is 27.5 Å². The van der Waals surface area contributed by atoms with Gasteiger partial charge in [0.15, 0.2) is 0 Å². The van der Waals surface area contributed by atoms with E-state index in [9.17, 15) is 18.8 Å². The predicted octanol–water partition coefficient (Wildman–Crippen LogP) is 2.81. The van der Waals surface area contributed by atoms with Gasteiger partial charge in [0.25, 0.3) is 5.56 Å². The average Bonchev–Trinajstić information content (AvgIpc) is 3.20. The van der Waals surface area contributed by atoms with Gasteiger partial charge >= 0.3 is 5.69 Å². The van der Waals surface area contributed by atoms with Gasteiger partial charge in [0.1, 0.15) is 17.1 Å². The van der Waals surface area contributed by atoms with E-state index in [1.165, 1.54) is 22.0 Å². The fraction of sp³-hybridized carbons (Fsp3) is 0.381. The van der Waals surface area contributed by atoms with Crippen molar-refractivity contribution in [1.29, 1.82) is 0 Å². The van der Waals surface area contributed by atoms with E-state index in [-0.39, 0.29) is 30.6 Å². The molecule has 4 rings (SSSR count). The number of halogens is 1. The van der Waals surface area contributed by atoms with E-state index in [1.807, 2.05) is 6.92 Å². The number of carbonyl (C=O) groups is 1. The number of hydrogen-bond donors (Lipinski definition) is 0. The number of thiophene rings is 1. The molecule has 0 bridgehead atoms. The molecular formula is C21H22FN3O3S. The van der Waals surface area contributed by atoms with Crippen LogP contribution in [0.2, 0.25) is 0 Å². The summed E-state index contributed by atoms with van der Waals surface area (Å²) in [6.45, 7) is 2.38. The summed E-state index contributed by atoms with van der Waals surface area (Å²) in [4.78, 5) is 40.7. The lowest BCUT2D eigenvalue weighted by atomic mass is 10.0. The number of hydrogen-bond acceptors (Lipinski definition) is 4. The highest BCUT2D eigenvalue weighted by atomic mass is 32.1. The maximum Gasteiger partial charge on any atom is 0.332 e. The number of carbonyl (C=O) groups excluding carboxylic acids is 1. The summed E-state index contributed by atoms with van der Waals surface area (Å²) < 4.78 is 16.9. The van der Waals surface area contributed by atoms with Gasteiger partial charge in [0.05, 0.1) is 12.1 Å². The predicted molar refractivity (Wildman–Crippen MR) is 111 cm³/mol. The molecule has 152 valence electrons. The minimum atomic E-state index is -0.595. The van der Waals surface area contributed by atoms with Crippen LogP contribution in [-0.2, 0) is 17.9 Å². The Morgan fingerprint density at radius 2 is 1.97 bits per heavy atom. The lowest BCUT2D eigenvalue weighted by molar-refractivity contribution is -0.135. The molecule has 1 aliphatic rings. The van der Waals surface area contributed by atoms with Crippen LogP contribution >= 0.6 is 11.3 Å². The molecule has 1 amide bonds. The zero-order valence-electron chi connectivity index (χ0n) is 16.1. The van der Waals surface area contributed by atoms with Gasteiger partial charge in [0, 0.05) is 18.2 Å². The van der Waals surface area contributed by atoms with Crippen molar-refractivity contribution in [3.63, 3.8) is 0 Å².